The van der Waals surface area contributed by atoms with Gasteiger partial charge in [0.25, 0.3) is 0 Å². The van der Waals surface area contributed by atoms with Crippen LogP contribution in [0.5, 0.6) is 0 Å². The molecular formula is C12H13BrFNO3. The first-order valence-corrected chi connectivity index (χ1v) is 6.68. The van der Waals surface area contributed by atoms with E-state index in [9.17, 15) is 19.3 Å². The van der Waals surface area contributed by atoms with Crippen molar-refractivity contribution >= 4 is 27.4 Å². The Labute approximate surface area is 112 Å². The number of aryl methyl sites for hydroxylation is 1. The summed E-state index contributed by atoms with van der Waals surface area (Å²) in [5.41, 5.74) is -0.322. The minimum atomic E-state index is -0.837. The number of alkyl halides is 1. The number of hydrogen-bond donors (Lipinski definition) is 0. The SMILES string of the molecule is O=C(CCCBr)CCc1cccc([N+](=O)[O-])c1F. The van der Waals surface area contributed by atoms with Crippen LogP contribution in [-0.2, 0) is 11.2 Å². The molecule has 98 valence electrons. The van der Waals surface area contributed by atoms with Crippen molar-refractivity contribution in [2.45, 2.75) is 25.7 Å². The third-order valence-corrected chi connectivity index (χ3v) is 3.08. The summed E-state index contributed by atoms with van der Waals surface area (Å²) < 4.78 is 13.7. The molecule has 0 unspecified atom stereocenters. The number of hydrogen-bond acceptors (Lipinski definition) is 3. The summed E-state index contributed by atoms with van der Waals surface area (Å²) in [6, 6.07) is 4.02. The van der Waals surface area contributed by atoms with Crippen LogP contribution in [-0.4, -0.2) is 16.0 Å². The van der Waals surface area contributed by atoms with Gasteiger partial charge in [-0.25, -0.2) is 0 Å². The number of carbonyl (C=O) groups is 1. The first kappa shape index (κ1) is 14.8. The van der Waals surface area contributed by atoms with Gasteiger partial charge < -0.3 is 0 Å². The number of nitro groups is 1. The van der Waals surface area contributed by atoms with Crippen molar-refractivity contribution in [1.29, 1.82) is 0 Å². The van der Waals surface area contributed by atoms with Crippen molar-refractivity contribution in [3.8, 4) is 0 Å². The fraction of sp³-hybridized carbons (Fsp3) is 0.417. The van der Waals surface area contributed by atoms with E-state index >= 15 is 0 Å². The minimum Gasteiger partial charge on any atom is -0.300 e. The highest BCUT2D eigenvalue weighted by Crippen LogP contribution is 2.21. The van der Waals surface area contributed by atoms with Gasteiger partial charge in [-0.1, -0.05) is 28.1 Å². The van der Waals surface area contributed by atoms with Crippen LogP contribution in [0.3, 0.4) is 0 Å². The van der Waals surface area contributed by atoms with Crippen molar-refractivity contribution in [2.75, 3.05) is 5.33 Å². The van der Waals surface area contributed by atoms with Gasteiger partial charge in [-0.05, 0) is 18.4 Å². The summed E-state index contributed by atoms with van der Waals surface area (Å²) in [7, 11) is 0. The lowest BCUT2D eigenvalue weighted by Gasteiger charge is -2.03. The predicted octanol–water partition coefficient (Wildman–Crippen LogP) is 3.41. The van der Waals surface area contributed by atoms with E-state index in [1.165, 1.54) is 12.1 Å². The highest BCUT2D eigenvalue weighted by Gasteiger charge is 2.17. The summed E-state index contributed by atoms with van der Waals surface area (Å²) in [6.45, 7) is 0. The van der Waals surface area contributed by atoms with Gasteiger partial charge in [0.1, 0.15) is 5.78 Å². The molecule has 0 aliphatic carbocycles. The topological polar surface area (TPSA) is 60.2 Å². The molecule has 0 amide bonds. The Morgan fingerprint density at radius 3 is 2.72 bits per heavy atom. The fourth-order valence-corrected chi connectivity index (χ4v) is 1.84. The molecule has 0 aromatic heterocycles. The summed E-state index contributed by atoms with van der Waals surface area (Å²) in [5.74, 6) is -0.795. The van der Waals surface area contributed by atoms with E-state index in [1.807, 2.05) is 0 Å². The van der Waals surface area contributed by atoms with E-state index in [4.69, 9.17) is 0 Å². The lowest BCUT2D eigenvalue weighted by molar-refractivity contribution is -0.387. The van der Waals surface area contributed by atoms with Crippen LogP contribution in [0.25, 0.3) is 0 Å². The summed E-state index contributed by atoms with van der Waals surface area (Å²) >= 11 is 3.22. The maximum Gasteiger partial charge on any atom is 0.305 e. The molecule has 6 heteroatoms. The molecule has 1 aromatic rings. The number of ketones is 1. The molecule has 0 spiro atoms. The van der Waals surface area contributed by atoms with Crippen LogP contribution in [0.15, 0.2) is 18.2 Å². The van der Waals surface area contributed by atoms with Crippen LogP contribution in [0.2, 0.25) is 0 Å². The Hall–Kier alpha value is -1.30. The number of benzene rings is 1. The van der Waals surface area contributed by atoms with Crippen LogP contribution in [0.4, 0.5) is 10.1 Å². The first-order chi connectivity index (χ1) is 8.56. The maximum atomic E-state index is 13.7. The molecule has 0 fully saturated rings. The molecule has 1 aromatic carbocycles. The van der Waals surface area contributed by atoms with E-state index in [1.54, 1.807) is 0 Å². The largest absolute Gasteiger partial charge is 0.305 e. The Kier molecular flexibility index (Phi) is 5.91. The second kappa shape index (κ2) is 7.20. The Morgan fingerprint density at radius 2 is 2.11 bits per heavy atom. The number of Topliss-reactive ketones (excluding diaryl/α,β-unsaturated/α-hetero) is 1. The number of rotatable bonds is 7. The van der Waals surface area contributed by atoms with Crippen molar-refractivity contribution < 1.29 is 14.1 Å². The molecule has 0 atom stereocenters. The molecule has 0 aliphatic rings. The quantitative estimate of drug-likeness (QED) is 0.440. The monoisotopic (exact) mass is 317 g/mol. The van der Waals surface area contributed by atoms with Crippen molar-refractivity contribution in [3.05, 3.63) is 39.7 Å². The maximum absolute atomic E-state index is 13.7. The molecule has 4 nitrogen and oxygen atoms in total. The molecule has 0 heterocycles. The van der Waals surface area contributed by atoms with Gasteiger partial charge >= 0.3 is 5.69 Å². The molecule has 0 aliphatic heterocycles. The van der Waals surface area contributed by atoms with Crippen molar-refractivity contribution in [2.24, 2.45) is 0 Å². The molecule has 0 saturated carbocycles. The van der Waals surface area contributed by atoms with Crippen LogP contribution in [0.1, 0.15) is 24.8 Å². The molecule has 0 radical (unpaired) electrons. The number of nitro benzene ring substituents is 1. The molecule has 1 rings (SSSR count). The highest BCUT2D eigenvalue weighted by molar-refractivity contribution is 9.09. The van der Waals surface area contributed by atoms with E-state index in [2.05, 4.69) is 15.9 Å². The van der Waals surface area contributed by atoms with E-state index in [0.29, 0.717) is 6.42 Å². The van der Waals surface area contributed by atoms with Gasteiger partial charge in [0.15, 0.2) is 0 Å². The summed E-state index contributed by atoms with van der Waals surface area (Å²) in [6.07, 6.45) is 1.61. The predicted molar refractivity (Wildman–Crippen MR) is 69.4 cm³/mol. The highest BCUT2D eigenvalue weighted by atomic mass is 79.9. The van der Waals surface area contributed by atoms with Crippen molar-refractivity contribution in [1.82, 2.24) is 0 Å². The van der Waals surface area contributed by atoms with Gasteiger partial charge in [-0.2, -0.15) is 4.39 Å². The van der Waals surface area contributed by atoms with Gasteiger partial charge in [-0.15, -0.1) is 0 Å². The summed E-state index contributed by atoms with van der Waals surface area (Å²) in [4.78, 5) is 21.2. The minimum absolute atomic E-state index is 0.0420. The molecule has 0 bridgehead atoms. The van der Waals surface area contributed by atoms with E-state index < -0.39 is 16.4 Å². The van der Waals surface area contributed by atoms with Crippen LogP contribution >= 0.6 is 15.9 Å². The average molecular weight is 318 g/mol. The number of carbonyl (C=O) groups excluding carboxylic acids is 1. The zero-order valence-electron chi connectivity index (χ0n) is 9.70. The van der Waals surface area contributed by atoms with Gasteiger partial charge in [0, 0.05) is 24.2 Å². The van der Waals surface area contributed by atoms with Gasteiger partial charge in [0.05, 0.1) is 4.92 Å². The second-order valence-electron chi connectivity index (χ2n) is 3.84. The molecular weight excluding hydrogens is 305 g/mol. The molecule has 0 saturated heterocycles. The first-order valence-electron chi connectivity index (χ1n) is 5.55. The van der Waals surface area contributed by atoms with Gasteiger partial charge in [0.2, 0.25) is 5.82 Å². The zero-order valence-corrected chi connectivity index (χ0v) is 11.3. The lowest BCUT2D eigenvalue weighted by Crippen LogP contribution is -2.03. The molecule has 0 N–H and O–H groups in total. The lowest BCUT2D eigenvalue weighted by atomic mass is 10.0. The summed E-state index contributed by atoms with van der Waals surface area (Å²) in [5, 5.41) is 11.3. The van der Waals surface area contributed by atoms with Crippen LogP contribution < -0.4 is 0 Å². The Morgan fingerprint density at radius 1 is 1.39 bits per heavy atom. The Balaban J connectivity index is 2.65. The van der Waals surface area contributed by atoms with Gasteiger partial charge in [-0.3, -0.25) is 14.9 Å². The van der Waals surface area contributed by atoms with Crippen molar-refractivity contribution in [3.63, 3.8) is 0 Å². The number of nitrogens with zero attached hydrogens (tertiary/aromatic N) is 1. The average Bonchev–Trinajstić information content (AvgIpc) is 2.34. The third kappa shape index (κ3) is 4.18. The standard InChI is InChI=1S/C12H13BrFNO3/c13-8-2-4-10(16)7-6-9-3-1-5-11(12(9)14)15(17)18/h1,3,5H,2,4,6-8H2. The fourth-order valence-electron chi connectivity index (χ4n) is 1.56. The third-order valence-electron chi connectivity index (χ3n) is 2.52. The zero-order chi connectivity index (χ0) is 13.5. The second-order valence-corrected chi connectivity index (χ2v) is 4.63. The molecule has 18 heavy (non-hydrogen) atoms. The Bertz CT molecular complexity index is 451. The number of halogens is 2. The van der Waals surface area contributed by atoms with E-state index in [0.717, 1.165) is 17.8 Å². The smallest absolute Gasteiger partial charge is 0.300 e. The normalized spacial score (nSPS) is 10.3. The van der Waals surface area contributed by atoms with E-state index in [-0.39, 0.29) is 24.2 Å². The van der Waals surface area contributed by atoms with Crippen LogP contribution in [0, 0.1) is 15.9 Å².